The van der Waals surface area contributed by atoms with E-state index in [0.29, 0.717) is 0 Å². The molecule has 3 aromatic rings. The molecule has 0 bridgehead atoms. The van der Waals surface area contributed by atoms with Crippen LogP contribution < -0.4 is 5.73 Å². The molecule has 1 atom stereocenters. The number of fused-ring (bicyclic) bond motifs is 1. The Hall–Kier alpha value is -1.77. The highest BCUT2D eigenvalue weighted by atomic mass is 35.5. The zero-order chi connectivity index (χ0) is 13.4. The van der Waals surface area contributed by atoms with Crippen LogP contribution in [-0.2, 0) is 0 Å². The molecular weight excluding hydrogens is 256 g/mol. The van der Waals surface area contributed by atoms with E-state index in [1.807, 2.05) is 43.3 Å². The average molecular weight is 271 g/mol. The minimum atomic E-state index is -0.0261. The van der Waals surface area contributed by atoms with Crippen molar-refractivity contribution in [3.63, 3.8) is 0 Å². The van der Waals surface area contributed by atoms with Crippen LogP contribution in [0.2, 0.25) is 5.02 Å². The van der Waals surface area contributed by atoms with Gasteiger partial charge in [0.05, 0.1) is 5.69 Å². The van der Waals surface area contributed by atoms with Gasteiger partial charge in [-0.2, -0.15) is 0 Å². The van der Waals surface area contributed by atoms with E-state index in [2.05, 4.69) is 17.1 Å². The summed E-state index contributed by atoms with van der Waals surface area (Å²) < 4.78 is 0. The summed E-state index contributed by atoms with van der Waals surface area (Å²) in [5.41, 5.74) is 10.6. The van der Waals surface area contributed by atoms with Crippen molar-refractivity contribution in [3.8, 4) is 11.3 Å². The van der Waals surface area contributed by atoms with Crippen molar-refractivity contribution in [1.82, 2.24) is 4.98 Å². The molecular formula is C16H15ClN2. The smallest absolute Gasteiger partial charge is 0.0513 e. The second-order valence-electron chi connectivity index (χ2n) is 4.75. The van der Waals surface area contributed by atoms with Crippen LogP contribution in [0.4, 0.5) is 0 Å². The maximum atomic E-state index is 6.15. The Labute approximate surface area is 117 Å². The highest BCUT2D eigenvalue weighted by molar-refractivity contribution is 6.30. The number of aromatic amines is 1. The van der Waals surface area contributed by atoms with Crippen LogP contribution in [0.15, 0.2) is 48.5 Å². The normalized spacial score (nSPS) is 12.8. The van der Waals surface area contributed by atoms with Gasteiger partial charge in [0.15, 0.2) is 0 Å². The molecule has 2 aromatic carbocycles. The lowest BCUT2D eigenvalue weighted by Crippen LogP contribution is -2.05. The predicted octanol–water partition coefficient (Wildman–Crippen LogP) is 4.51. The van der Waals surface area contributed by atoms with Gasteiger partial charge in [-0.1, -0.05) is 41.9 Å². The van der Waals surface area contributed by atoms with E-state index >= 15 is 0 Å². The first-order valence-electron chi connectivity index (χ1n) is 6.29. The molecule has 1 unspecified atom stereocenters. The van der Waals surface area contributed by atoms with Crippen LogP contribution in [0.25, 0.3) is 22.2 Å². The van der Waals surface area contributed by atoms with Crippen LogP contribution in [-0.4, -0.2) is 4.98 Å². The number of nitrogens with two attached hydrogens (primary N) is 1. The van der Waals surface area contributed by atoms with Crippen molar-refractivity contribution < 1.29 is 0 Å². The second kappa shape index (κ2) is 4.72. The first-order chi connectivity index (χ1) is 9.16. The number of rotatable bonds is 2. The number of halogens is 1. The van der Waals surface area contributed by atoms with E-state index in [9.17, 15) is 0 Å². The molecule has 2 nitrogen and oxygen atoms in total. The highest BCUT2D eigenvalue weighted by Gasteiger charge is 2.15. The molecule has 0 radical (unpaired) electrons. The molecule has 3 N–H and O–H groups in total. The molecule has 96 valence electrons. The third kappa shape index (κ3) is 2.14. The van der Waals surface area contributed by atoms with Gasteiger partial charge in [-0.3, -0.25) is 0 Å². The molecule has 0 fully saturated rings. The Morgan fingerprint density at radius 1 is 1.05 bits per heavy atom. The minimum absolute atomic E-state index is 0.0261. The summed E-state index contributed by atoms with van der Waals surface area (Å²) in [5.74, 6) is 0. The lowest BCUT2D eigenvalue weighted by Gasteiger charge is -2.08. The van der Waals surface area contributed by atoms with Crippen molar-refractivity contribution in [2.75, 3.05) is 0 Å². The highest BCUT2D eigenvalue weighted by Crippen LogP contribution is 2.34. The number of H-pyrrole nitrogens is 1. The van der Waals surface area contributed by atoms with Crippen molar-refractivity contribution in [3.05, 3.63) is 59.1 Å². The van der Waals surface area contributed by atoms with E-state index in [4.69, 9.17) is 17.3 Å². The number of hydrogen-bond acceptors (Lipinski definition) is 1. The molecule has 1 aromatic heterocycles. The van der Waals surface area contributed by atoms with E-state index in [1.54, 1.807) is 0 Å². The first-order valence-corrected chi connectivity index (χ1v) is 6.67. The number of hydrogen-bond donors (Lipinski definition) is 2. The van der Waals surface area contributed by atoms with Crippen molar-refractivity contribution in [2.45, 2.75) is 13.0 Å². The van der Waals surface area contributed by atoms with E-state index in [-0.39, 0.29) is 6.04 Å². The predicted molar refractivity (Wildman–Crippen MR) is 81.3 cm³/mol. The van der Waals surface area contributed by atoms with Crippen molar-refractivity contribution in [2.24, 2.45) is 5.73 Å². The Kier molecular flexibility index (Phi) is 3.05. The van der Waals surface area contributed by atoms with Crippen LogP contribution in [0.1, 0.15) is 18.5 Å². The monoisotopic (exact) mass is 270 g/mol. The molecule has 0 amide bonds. The molecule has 0 spiro atoms. The number of para-hydroxylation sites is 1. The lowest BCUT2D eigenvalue weighted by molar-refractivity contribution is 0.828. The van der Waals surface area contributed by atoms with Gasteiger partial charge in [-0.15, -0.1) is 0 Å². The summed E-state index contributed by atoms with van der Waals surface area (Å²) in [6.07, 6.45) is 0. The SMILES string of the molecule is CC(N)c1c(-c2ccc(Cl)cc2)[nH]c2ccccc12. The van der Waals surface area contributed by atoms with Crippen molar-refractivity contribution >= 4 is 22.5 Å². The maximum absolute atomic E-state index is 6.15. The lowest BCUT2D eigenvalue weighted by atomic mass is 10.0. The summed E-state index contributed by atoms with van der Waals surface area (Å²) in [6.45, 7) is 2.01. The van der Waals surface area contributed by atoms with Crippen molar-refractivity contribution in [1.29, 1.82) is 0 Å². The van der Waals surface area contributed by atoms with E-state index in [1.165, 1.54) is 5.39 Å². The maximum Gasteiger partial charge on any atom is 0.0513 e. The molecule has 3 heteroatoms. The summed E-state index contributed by atoms with van der Waals surface area (Å²) in [5, 5.41) is 1.92. The number of nitrogens with one attached hydrogen (secondary N) is 1. The Balaban J connectivity index is 2.28. The van der Waals surface area contributed by atoms with Crippen LogP contribution in [0, 0.1) is 0 Å². The summed E-state index contributed by atoms with van der Waals surface area (Å²) >= 11 is 5.95. The topological polar surface area (TPSA) is 41.8 Å². The van der Waals surface area contributed by atoms with Gasteiger partial charge in [0.2, 0.25) is 0 Å². The summed E-state index contributed by atoms with van der Waals surface area (Å²) in [7, 11) is 0. The molecule has 0 aliphatic rings. The molecule has 0 saturated carbocycles. The fourth-order valence-corrected chi connectivity index (χ4v) is 2.61. The third-order valence-corrected chi connectivity index (χ3v) is 3.59. The molecule has 0 aliphatic carbocycles. The Bertz CT molecular complexity index is 711. The van der Waals surface area contributed by atoms with E-state index < -0.39 is 0 Å². The quantitative estimate of drug-likeness (QED) is 0.707. The molecule has 0 saturated heterocycles. The second-order valence-corrected chi connectivity index (χ2v) is 5.19. The fourth-order valence-electron chi connectivity index (χ4n) is 2.48. The van der Waals surface area contributed by atoms with Gasteiger partial charge < -0.3 is 10.7 Å². The van der Waals surface area contributed by atoms with Crippen LogP contribution in [0.3, 0.4) is 0 Å². The van der Waals surface area contributed by atoms with Gasteiger partial charge in [-0.25, -0.2) is 0 Å². The number of aromatic nitrogens is 1. The Morgan fingerprint density at radius 2 is 1.74 bits per heavy atom. The minimum Gasteiger partial charge on any atom is -0.354 e. The molecule has 3 rings (SSSR count). The Morgan fingerprint density at radius 3 is 2.42 bits per heavy atom. The summed E-state index contributed by atoms with van der Waals surface area (Å²) in [4.78, 5) is 3.46. The standard InChI is InChI=1S/C16H15ClN2/c1-10(18)15-13-4-2-3-5-14(13)19-16(15)11-6-8-12(17)9-7-11/h2-10,19H,18H2,1H3. The molecule has 19 heavy (non-hydrogen) atoms. The number of benzene rings is 2. The molecule has 0 aliphatic heterocycles. The van der Waals surface area contributed by atoms with Gasteiger partial charge >= 0.3 is 0 Å². The fraction of sp³-hybridized carbons (Fsp3) is 0.125. The van der Waals surface area contributed by atoms with E-state index in [0.717, 1.165) is 27.4 Å². The molecule has 1 heterocycles. The van der Waals surface area contributed by atoms with Gasteiger partial charge in [0.25, 0.3) is 0 Å². The first kappa shape index (κ1) is 12.3. The van der Waals surface area contributed by atoms with Gasteiger partial charge in [0, 0.05) is 27.5 Å². The zero-order valence-corrected chi connectivity index (χ0v) is 11.4. The third-order valence-electron chi connectivity index (χ3n) is 3.33. The van der Waals surface area contributed by atoms with Crippen LogP contribution in [0.5, 0.6) is 0 Å². The average Bonchev–Trinajstić information content (AvgIpc) is 2.78. The zero-order valence-electron chi connectivity index (χ0n) is 10.7. The van der Waals surface area contributed by atoms with Gasteiger partial charge in [0.1, 0.15) is 0 Å². The summed E-state index contributed by atoms with van der Waals surface area (Å²) in [6, 6.07) is 16.0. The van der Waals surface area contributed by atoms with Crippen LogP contribution >= 0.6 is 11.6 Å². The van der Waals surface area contributed by atoms with Gasteiger partial charge in [-0.05, 0) is 30.7 Å². The largest absolute Gasteiger partial charge is 0.354 e.